The topological polar surface area (TPSA) is 125 Å². The fourth-order valence-corrected chi connectivity index (χ4v) is 4.73. The Labute approximate surface area is 242 Å². The maximum Gasteiger partial charge on any atom is 0.490 e. The summed E-state index contributed by atoms with van der Waals surface area (Å²) >= 11 is 1.69. The summed E-state index contributed by atoms with van der Waals surface area (Å²) in [5.41, 5.74) is 0.400. The SMILES string of the molecule is C/C=C(\CNC(=O)OC(C)(C)C)COc1ccc(SN2CCC(N3CCN(C)C3=O)CC2)cn1.O=C(O)C(F)(F)F. The number of likely N-dealkylation sites (N-methyl/N-ethyl adjacent to an activating group) is 1. The van der Waals surface area contributed by atoms with Gasteiger partial charge >= 0.3 is 24.3 Å². The smallest absolute Gasteiger partial charge is 0.475 e. The Bertz CT molecular complexity index is 1060. The lowest BCUT2D eigenvalue weighted by Crippen LogP contribution is -2.44. The Hall–Kier alpha value is -3.20. The zero-order chi connectivity index (χ0) is 30.8. The van der Waals surface area contributed by atoms with Crippen LogP contribution in [0.3, 0.4) is 0 Å². The van der Waals surface area contributed by atoms with Crippen LogP contribution in [0.15, 0.2) is 34.9 Å². The zero-order valence-corrected chi connectivity index (χ0v) is 24.7. The number of carbonyl (C=O) groups is 3. The van der Waals surface area contributed by atoms with Crippen LogP contribution in [-0.2, 0) is 9.53 Å². The molecule has 0 saturated carbocycles. The van der Waals surface area contributed by atoms with Gasteiger partial charge in [0.05, 0.1) is 0 Å². The molecule has 2 aliphatic heterocycles. The van der Waals surface area contributed by atoms with Crippen molar-refractivity contribution in [3.05, 3.63) is 30.0 Å². The molecular weight excluding hydrogens is 567 g/mol. The number of aliphatic carboxylic acids is 1. The Kier molecular flexibility index (Phi) is 12.6. The number of carboxylic acid groups (broad SMARTS) is 1. The first-order valence-electron chi connectivity index (χ1n) is 13.0. The second kappa shape index (κ2) is 15.1. The molecule has 1 aromatic heterocycles. The van der Waals surface area contributed by atoms with E-state index in [0.717, 1.165) is 49.5 Å². The van der Waals surface area contributed by atoms with E-state index in [2.05, 4.69) is 14.6 Å². The molecule has 2 saturated heterocycles. The lowest BCUT2D eigenvalue weighted by atomic mass is 10.1. The Morgan fingerprint density at radius 3 is 2.27 bits per heavy atom. The highest BCUT2D eigenvalue weighted by atomic mass is 32.2. The van der Waals surface area contributed by atoms with Crippen LogP contribution in [0.5, 0.6) is 5.88 Å². The van der Waals surface area contributed by atoms with Gasteiger partial charge in [-0.2, -0.15) is 13.2 Å². The van der Waals surface area contributed by atoms with Gasteiger partial charge in [-0.3, -0.25) is 0 Å². The van der Waals surface area contributed by atoms with Crippen LogP contribution in [0.1, 0.15) is 40.5 Å². The van der Waals surface area contributed by atoms with Crippen molar-refractivity contribution in [2.75, 3.05) is 46.4 Å². The normalized spacial score (nSPS) is 17.2. The molecule has 2 aliphatic rings. The van der Waals surface area contributed by atoms with Crippen molar-refractivity contribution in [3.8, 4) is 5.88 Å². The van der Waals surface area contributed by atoms with Gasteiger partial charge in [0.2, 0.25) is 5.88 Å². The minimum atomic E-state index is -5.08. The number of ether oxygens (including phenoxy) is 2. The Morgan fingerprint density at radius 2 is 1.80 bits per heavy atom. The van der Waals surface area contributed by atoms with Gasteiger partial charge in [-0.05, 0) is 64.1 Å². The standard InChI is InChI=1S/C24H37N5O4S.C2HF3O2/c1-6-18(15-26-22(30)33-24(2,3)4)17-32-21-8-7-20(16-25-21)34-28-11-9-19(10-12-28)29-14-13-27(5)23(29)31;3-2(4,5)1(6)7/h6-8,16,19H,9-15,17H2,1-5H3,(H,26,30);(H,6,7)/b18-6+;. The van der Waals surface area contributed by atoms with Crippen molar-refractivity contribution in [1.82, 2.24) is 24.4 Å². The van der Waals surface area contributed by atoms with E-state index in [1.54, 1.807) is 16.8 Å². The molecule has 2 N–H and O–H groups in total. The highest BCUT2D eigenvalue weighted by Crippen LogP contribution is 2.29. The third-order valence-corrected chi connectivity index (χ3v) is 7.05. The Balaban J connectivity index is 0.000000745. The molecule has 2 fully saturated rings. The van der Waals surface area contributed by atoms with E-state index in [0.29, 0.717) is 25.1 Å². The van der Waals surface area contributed by atoms with E-state index in [-0.39, 0.29) is 6.03 Å². The van der Waals surface area contributed by atoms with Crippen molar-refractivity contribution >= 4 is 30.0 Å². The molecule has 1 aromatic rings. The maximum absolute atomic E-state index is 12.2. The average molecular weight is 606 g/mol. The molecule has 0 atom stereocenters. The van der Waals surface area contributed by atoms with Gasteiger partial charge in [-0.1, -0.05) is 6.08 Å². The highest BCUT2D eigenvalue weighted by molar-refractivity contribution is 7.97. The van der Waals surface area contributed by atoms with Crippen LogP contribution in [0.2, 0.25) is 0 Å². The number of halogens is 3. The number of piperidine rings is 1. The fraction of sp³-hybridized carbons (Fsp3) is 0.615. The summed E-state index contributed by atoms with van der Waals surface area (Å²) < 4.78 is 45.1. The van der Waals surface area contributed by atoms with Crippen LogP contribution < -0.4 is 10.1 Å². The highest BCUT2D eigenvalue weighted by Gasteiger charge is 2.38. The van der Waals surface area contributed by atoms with E-state index in [1.807, 2.05) is 64.0 Å². The van der Waals surface area contributed by atoms with E-state index in [1.165, 1.54) is 0 Å². The van der Waals surface area contributed by atoms with E-state index < -0.39 is 23.8 Å². The molecular formula is C26H38F3N5O6S. The number of urea groups is 1. The molecule has 3 amide bonds. The molecule has 0 aliphatic carbocycles. The zero-order valence-electron chi connectivity index (χ0n) is 23.9. The third kappa shape index (κ3) is 12.1. The first kappa shape index (κ1) is 34.0. The van der Waals surface area contributed by atoms with Gasteiger partial charge in [0.1, 0.15) is 12.2 Å². The van der Waals surface area contributed by atoms with Crippen LogP contribution in [0, 0.1) is 0 Å². The molecule has 3 heterocycles. The molecule has 0 bridgehead atoms. The maximum atomic E-state index is 12.2. The quantitative estimate of drug-likeness (QED) is 0.328. The average Bonchev–Trinajstić information content (AvgIpc) is 3.22. The number of alkyl halides is 3. The van der Waals surface area contributed by atoms with Gasteiger partial charge in [-0.15, -0.1) is 0 Å². The minimum Gasteiger partial charge on any atom is -0.475 e. The summed E-state index contributed by atoms with van der Waals surface area (Å²) in [7, 11) is 1.87. The van der Waals surface area contributed by atoms with Gasteiger partial charge < -0.3 is 29.7 Å². The van der Waals surface area contributed by atoms with Crippen LogP contribution in [0.4, 0.5) is 22.8 Å². The number of nitrogens with zero attached hydrogens (tertiary/aromatic N) is 4. The predicted octanol–water partition coefficient (Wildman–Crippen LogP) is 4.40. The molecule has 3 rings (SSSR count). The summed E-state index contributed by atoms with van der Waals surface area (Å²) in [6.45, 7) is 11.6. The number of alkyl carbamates (subject to hydrolysis) is 1. The summed E-state index contributed by atoms with van der Waals surface area (Å²) in [6, 6.07) is 4.37. The second-order valence-corrected chi connectivity index (χ2v) is 11.5. The van der Waals surface area contributed by atoms with Crippen molar-refractivity contribution in [2.45, 2.75) is 63.3 Å². The number of aromatic nitrogens is 1. The van der Waals surface area contributed by atoms with Crippen LogP contribution in [-0.4, -0.2) is 106 Å². The number of carbonyl (C=O) groups excluding carboxylic acids is 2. The van der Waals surface area contributed by atoms with Crippen LogP contribution in [0.25, 0.3) is 0 Å². The number of pyridine rings is 1. The molecule has 230 valence electrons. The summed E-state index contributed by atoms with van der Waals surface area (Å²) in [5, 5.41) is 9.87. The molecule has 0 spiro atoms. The number of nitrogens with one attached hydrogen (secondary N) is 1. The van der Waals surface area contributed by atoms with E-state index >= 15 is 0 Å². The van der Waals surface area contributed by atoms with Gasteiger partial charge in [0, 0.05) is 63.0 Å². The van der Waals surface area contributed by atoms with Crippen LogP contribution >= 0.6 is 11.9 Å². The summed E-state index contributed by atoms with van der Waals surface area (Å²) in [5.74, 6) is -2.22. The van der Waals surface area contributed by atoms with Gasteiger partial charge in [0.25, 0.3) is 0 Å². The number of hydrogen-bond acceptors (Lipinski definition) is 8. The van der Waals surface area contributed by atoms with E-state index in [4.69, 9.17) is 19.4 Å². The largest absolute Gasteiger partial charge is 0.490 e. The monoisotopic (exact) mass is 605 g/mol. The molecule has 0 radical (unpaired) electrons. The van der Waals surface area contributed by atoms with Gasteiger partial charge in [-0.25, -0.2) is 23.7 Å². The fourth-order valence-electron chi connectivity index (χ4n) is 3.81. The second-order valence-electron chi connectivity index (χ2n) is 10.4. The van der Waals surface area contributed by atoms with Crippen molar-refractivity contribution in [1.29, 1.82) is 0 Å². The van der Waals surface area contributed by atoms with Crippen molar-refractivity contribution < 1.29 is 42.1 Å². The third-order valence-electron chi connectivity index (χ3n) is 5.97. The molecule has 15 heteroatoms. The van der Waals surface area contributed by atoms with E-state index in [9.17, 15) is 22.8 Å². The summed E-state index contributed by atoms with van der Waals surface area (Å²) in [4.78, 5) is 42.3. The summed E-state index contributed by atoms with van der Waals surface area (Å²) in [6.07, 6.45) is 0.183. The first-order valence-corrected chi connectivity index (χ1v) is 13.8. The Morgan fingerprint density at radius 1 is 1.17 bits per heavy atom. The van der Waals surface area contributed by atoms with Crippen molar-refractivity contribution in [2.24, 2.45) is 0 Å². The lowest BCUT2D eigenvalue weighted by Gasteiger charge is -2.35. The lowest BCUT2D eigenvalue weighted by molar-refractivity contribution is -0.192. The van der Waals surface area contributed by atoms with Crippen molar-refractivity contribution in [3.63, 3.8) is 0 Å². The minimum absolute atomic E-state index is 0.160. The number of allylic oxidation sites excluding steroid dienone is 1. The van der Waals surface area contributed by atoms with Gasteiger partial charge in [0.15, 0.2) is 0 Å². The molecule has 0 unspecified atom stereocenters. The number of rotatable bonds is 8. The number of hydrogen-bond donors (Lipinski definition) is 2. The molecule has 11 nitrogen and oxygen atoms in total. The molecule has 41 heavy (non-hydrogen) atoms. The number of carboxylic acids is 1. The number of amides is 3. The molecule has 0 aromatic carbocycles. The first-order chi connectivity index (χ1) is 19.1. The predicted molar refractivity (Wildman–Crippen MR) is 147 cm³/mol.